The summed E-state index contributed by atoms with van der Waals surface area (Å²) in [6, 6.07) is 0. The van der Waals surface area contributed by atoms with Gasteiger partial charge in [0.15, 0.2) is 0 Å². The molecule has 0 spiro atoms. The largest absolute Gasteiger partial charge is 1.00 e. The molecule has 0 saturated heterocycles. The summed E-state index contributed by atoms with van der Waals surface area (Å²) in [7, 11) is 0. The molecule has 0 fully saturated rings. The maximum absolute atomic E-state index is 9.81. The minimum atomic E-state index is -0.0787. The maximum Gasteiger partial charge on any atom is 1.00 e. The van der Waals surface area contributed by atoms with Crippen molar-refractivity contribution in [1.29, 1.82) is 0 Å². The van der Waals surface area contributed by atoms with Gasteiger partial charge in [-0.25, -0.2) is 0 Å². The quantitative estimate of drug-likeness (QED) is 0.233. The Labute approximate surface area is 137 Å². The van der Waals surface area contributed by atoms with Crippen LogP contribution in [0.25, 0.3) is 0 Å². The molecule has 4 heteroatoms. The molecule has 2 nitrogen and oxygen atoms in total. The van der Waals surface area contributed by atoms with Gasteiger partial charge in [0.1, 0.15) is 12.1 Å². The molecule has 0 N–H and O–H groups in total. The molecule has 0 atom stereocenters. The second kappa shape index (κ2) is 12.3. The summed E-state index contributed by atoms with van der Waals surface area (Å²) in [5.41, 5.74) is 0. The molecule has 0 aliphatic heterocycles. The number of hydrogen-bond acceptors (Lipinski definition) is 2. The van der Waals surface area contributed by atoms with Crippen molar-refractivity contribution in [2.45, 2.75) is 13.3 Å². The van der Waals surface area contributed by atoms with Gasteiger partial charge in [-0.05, 0) is 6.92 Å². The number of rotatable bonds is 2. The fourth-order valence-electron chi connectivity index (χ4n) is 0.117. The van der Waals surface area contributed by atoms with Crippen molar-refractivity contribution in [3.05, 3.63) is 0 Å². The Kier molecular flexibility index (Phi) is 26.0. The zero-order valence-corrected chi connectivity index (χ0v) is 11.8. The normalized spacial score (nSPS) is 5.62. The molecule has 0 aliphatic carbocycles. The second-order valence-corrected chi connectivity index (χ2v) is 1.07. The first-order valence-electron chi connectivity index (χ1n) is 1.70. The van der Waals surface area contributed by atoms with E-state index in [-0.39, 0.29) is 118 Å². The van der Waals surface area contributed by atoms with Crippen LogP contribution in [-0.4, -0.2) is 12.1 Å². The molecular formula is C4H8K2O2. The van der Waals surface area contributed by atoms with Crippen molar-refractivity contribution in [2.75, 3.05) is 0 Å². The molecule has 0 bridgehead atoms. The third kappa shape index (κ3) is 15.8. The van der Waals surface area contributed by atoms with E-state index in [0.29, 0.717) is 6.29 Å². The molecule has 38 valence electrons. The van der Waals surface area contributed by atoms with Crippen molar-refractivity contribution in [2.24, 2.45) is 0 Å². The molecule has 0 aromatic carbocycles. The molecule has 0 unspecified atom stereocenters. The molecule has 0 rings (SSSR count). The monoisotopic (exact) mass is 166 g/mol. The summed E-state index contributed by atoms with van der Waals surface area (Å²) >= 11 is 0. The Morgan fingerprint density at radius 3 is 2.00 bits per heavy atom. The number of carbonyl (C=O) groups is 2. The standard InChI is InChI=1S/C4H6O2.2K.2H/c1-4(6)2-3-5;;;;/h3H,2H2,1H3;;;;/q;2*+1;2*-1. The van der Waals surface area contributed by atoms with E-state index >= 15 is 0 Å². The van der Waals surface area contributed by atoms with Crippen LogP contribution in [0.1, 0.15) is 16.2 Å². The molecule has 8 heavy (non-hydrogen) atoms. The molecular weight excluding hydrogens is 158 g/mol. The van der Waals surface area contributed by atoms with Crippen LogP contribution in [0.4, 0.5) is 0 Å². The first-order chi connectivity index (χ1) is 2.77. The van der Waals surface area contributed by atoms with Crippen LogP contribution in [0.5, 0.6) is 0 Å². The summed E-state index contributed by atoms with van der Waals surface area (Å²) in [6.45, 7) is 1.38. The summed E-state index contributed by atoms with van der Waals surface area (Å²) < 4.78 is 0. The molecule has 0 aliphatic rings. The Morgan fingerprint density at radius 1 is 1.62 bits per heavy atom. The zero-order chi connectivity index (χ0) is 4.99. The third-order valence-corrected chi connectivity index (χ3v) is 0.371. The van der Waals surface area contributed by atoms with Crippen LogP contribution in [0, 0.1) is 0 Å². The third-order valence-electron chi connectivity index (χ3n) is 0.371. The van der Waals surface area contributed by atoms with Crippen LogP contribution >= 0.6 is 0 Å². The molecule has 0 heterocycles. The van der Waals surface area contributed by atoms with Gasteiger partial charge in [0.2, 0.25) is 0 Å². The number of ketones is 1. The fraction of sp³-hybridized carbons (Fsp3) is 0.500. The van der Waals surface area contributed by atoms with Gasteiger partial charge >= 0.3 is 103 Å². The number of carbonyl (C=O) groups excluding carboxylic acids is 2. The Balaban J connectivity index is -0.0000000208. The van der Waals surface area contributed by atoms with E-state index in [4.69, 9.17) is 0 Å². The summed E-state index contributed by atoms with van der Waals surface area (Å²) in [5, 5.41) is 0. The Bertz CT molecular complexity index is 79.7. The van der Waals surface area contributed by atoms with Gasteiger partial charge in [0.05, 0.1) is 6.42 Å². The van der Waals surface area contributed by atoms with E-state index in [1.165, 1.54) is 6.92 Å². The number of Topliss-reactive ketones (excluding diaryl/α,β-unsaturated/α-hetero) is 1. The maximum atomic E-state index is 9.81. The average Bonchev–Trinajstić information content (AvgIpc) is 1.35. The average molecular weight is 166 g/mol. The van der Waals surface area contributed by atoms with E-state index in [1.807, 2.05) is 0 Å². The minimum absolute atomic E-state index is 0. The molecule has 0 amide bonds. The van der Waals surface area contributed by atoms with Crippen molar-refractivity contribution in [1.82, 2.24) is 0 Å². The Hall–Kier alpha value is 2.61. The zero-order valence-electron chi connectivity index (χ0n) is 7.60. The van der Waals surface area contributed by atoms with Gasteiger partial charge in [-0.3, -0.25) is 4.79 Å². The van der Waals surface area contributed by atoms with E-state index in [9.17, 15) is 9.59 Å². The smallest absolute Gasteiger partial charge is 1.00 e. The Morgan fingerprint density at radius 2 is 2.00 bits per heavy atom. The predicted molar refractivity (Wildman–Crippen MR) is 23.6 cm³/mol. The van der Waals surface area contributed by atoms with Gasteiger partial charge in [0.25, 0.3) is 0 Å². The first-order valence-corrected chi connectivity index (χ1v) is 1.70. The van der Waals surface area contributed by atoms with E-state index in [1.54, 1.807) is 0 Å². The van der Waals surface area contributed by atoms with E-state index in [2.05, 4.69) is 0 Å². The van der Waals surface area contributed by atoms with Crippen molar-refractivity contribution in [3.8, 4) is 0 Å². The van der Waals surface area contributed by atoms with Crippen molar-refractivity contribution in [3.63, 3.8) is 0 Å². The SMILES string of the molecule is CC(=O)CC=O.[H-].[H-].[K+].[K+]. The topological polar surface area (TPSA) is 34.1 Å². The molecule has 0 aromatic rings. The van der Waals surface area contributed by atoms with Gasteiger partial charge in [0, 0.05) is 0 Å². The van der Waals surface area contributed by atoms with Crippen LogP contribution in [0.3, 0.4) is 0 Å². The molecule has 0 radical (unpaired) electrons. The van der Waals surface area contributed by atoms with Crippen molar-refractivity contribution >= 4 is 12.1 Å². The van der Waals surface area contributed by atoms with Crippen LogP contribution < -0.4 is 103 Å². The molecule has 0 aromatic heterocycles. The fourth-order valence-corrected chi connectivity index (χ4v) is 0.117. The minimum Gasteiger partial charge on any atom is -1.00 e. The second-order valence-electron chi connectivity index (χ2n) is 1.07. The van der Waals surface area contributed by atoms with E-state index < -0.39 is 0 Å². The van der Waals surface area contributed by atoms with Gasteiger partial charge in [-0.15, -0.1) is 0 Å². The van der Waals surface area contributed by atoms with Gasteiger partial charge in [-0.1, -0.05) is 0 Å². The summed E-state index contributed by atoms with van der Waals surface area (Å²) in [6.07, 6.45) is 0.655. The molecule has 0 saturated carbocycles. The number of aldehydes is 1. The first kappa shape index (κ1) is 16.9. The summed E-state index contributed by atoms with van der Waals surface area (Å²) in [4.78, 5) is 19.2. The van der Waals surface area contributed by atoms with Gasteiger partial charge < -0.3 is 7.65 Å². The van der Waals surface area contributed by atoms with Crippen molar-refractivity contribution < 1.29 is 115 Å². The van der Waals surface area contributed by atoms with Crippen LogP contribution in [0.2, 0.25) is 0 Å². The predicted octanol–water partition coefficient (Wildman–Crippen LogP) is -5.60. The number of hydrogen-bond donors (Lipinski definition) is 0. The summed E-state index contributed by atoms with van der Waals surface area (Å²) in [5.74, 6) is -0.0787. The van der Waals surface area contributed by atoms with Gasteiger partial charge in [-0.2, -0.15) is 0 Å². The van der Waals surface area contributed by atoms with Crippen LogP contribution in [-0.2, 0) is 9.59 Å². The van der Waals surface area contributed by atoms with Crippen LogP contribution in [0.15, 0.2) is 0 Å². The van der Waals surface area contributed by atoms with E-state index in [0.717, 1.165) is 0 Å².